The van der Waals surface area contributed by atoms with Crippen LogP contribution < -0.4 is 0 Å². The summed E-state index contributed by atoms with van der Waals surface area (Å²) in [4.78, 5) is 0. The molecule has 0 nitrogen and oxygen atoms in total. The van der Waals surface area contributed by atoms with Crippen LogP contribution in [0.25, 0.3) is 0 Å². The molecule has 1 aliphatic carbocycles. The zero-order valence-corrected chi connectivity index (χ0v) is 15.6. The molecule has 0 saturated carbocycles. The van der Waals surface area contributed by atoms with Crippen LogP contribution in [0.3, 0.4) is 0 Å². The molecule has 0 aromatic heterocycles. The monoisotopic (exact) mass is 364 g/mol. The van der Waals surface area contributed by atoms with Gasteiger partial charge in [-0.2, -0.15) is 0 Å². The minimum atomic E-state index is -4.46. The minimum absolute atomic E-state index is 1.08. The van der Waals surface area contributed by atoms with Gasteiger partial charge in [-0.25, -0.2) is 0 Å². The summed E-state index contributed by atoms with van der Waals surface area (Å²) < 4.78 is 16.6. The predicted molar refractivity (Wildman–Crippen MR) is 81.2 cm³/mol. The number of hydrogen-bond donors (Lipinski definition) is 0. The molecular weight excluding hydrogens is 336 g/mol. The van der Waals surface area contributed by atoms with Crippen LogP contribution in [0.5, 0.6) is 0 Å². The van der Waals surface area contributed by atoms with Crippen molar-refractivity contribution in [2.24, 2.45) is 0 Å². The van der Waals surface area contributed by atoms with E-state index in [4.69, 9.17) is 0 Å². The third-order valence-corrected chi connectivity index (χ3v) is 38.2. The fourth-order valence-electron chi connectivity index (χ4n) is 3.77. The van der Waals surface area contributed by atoms with E-state index in [0.29, 0.717) is 0 Å². The van der Waals surface area contributed by atoms with Gasteiger partial charge in [-0.3, -0.25) is 0 Å². The van der Waals surface area contributed by atoms with Crippen LogP contribution >= 0.6 is 0 Å². The zero-order chi connectivity index (χ0) is 13.6. The van der Waals surface area contributed by atoms with Crippen molar-refractivity contribution in [2.75, 3.05) is 0 Å². The summed E-state index contributed by atoms with van der Waals surface area (Å²) in [6.45, 7) is 8.09. The normalized spacial score (nSPS) is 24.9. The molecule has 1 rings (SSSR count). The van der Waals surface area contributed by atoms with Gasteiger partial charge in [0, 0.05) is 0 Å². The first kappa shape index (κ1) is 15.4. The van der Waals surface area contributed by atoms with E-state index in [0.717, 1.165) is 10.6 Å². The molecule has 0 aromatic rings. The fourth-order valence-corrected chi connectivity index (χ4v) is 25.8. The molecule has 0 spiro atoms. The molecule has 0 saturated heterocycles. The number of hydrogen-bond acceptors (Lipinski definition) is 0. The maximum atomic E-state index is 4.04. The van der Waals surface area contributed by atoms with Crippen LogP contribution in [-0.4, -0.2) is 0 Å². The van der Waals surface area contributed by atoms with Crippen molar-refractivity contribution in [1.29, 1.82) is 0 Å². The summed E-state index contributed by atoms with van der Waals surface area (Å²) in [5.74, 6) is 0. The first-order valence-corrected chi connectivity index (χ1v) is 29.0. The van der Waals surface area contributed by atoms with E-state index in [1.54, 1.807) is 1.22 Å². The second kappa shape index (κ2) is 2.47. The Balaban J connectivity index is 3.83. The molecule has 98 valence electrons. The van der Waals surface area contributed by atoms with E-state index in [1.807, 2.05) is 0 Å². The number of rotatable bonds is 5. The SMILES string of the molecule is C=C[CH2][Nd]([CH3])([CH3])([CH3])([CH3])([CH3])([CH2]C=C)[C]1=CC=CC1. The van der Waals surface area contributed by atoms with Gasteiger partial charge in [0.25, 0.3) is 0 Å². The average Bonchev–Trinajstić information content (AvgIpc) is 2.53. The topological polar surface area (TPSA) is 0 Å². The van der Waals surface area contributed by atoms with E-state index in [-0.39, 0.29) is 0 Å². The molecule has 0 fully saturated rings. The second-order valence-electron chi connectivity index (χ2n) is 12.7. The van der Waals surface area contributed by atoms with E-state index in [2.05, 4.69) is 56.4 Å². The molecule has 1 heteroatoms. The molecule has 0 N–H and O–H groups in total. The van der Waals surface area contributed by atoms with Gasteiger partial charge in [-0.05, 0) is 0 Å². The molecule has 0 unspecified atom stereocenters. The summed E-state index contributed by atoms with van der Waals surface area (Å²) in [7, 11) is 0. The van der Waals surface area contributed by atoms with Crippen LogP contribution in [0.2, 0.25) is 17.0 Å². The Kier molecular flexibility index (Phi) is 2.24. The molecular formula is C16H30Nd. The van der Waals surface area contributed by atoms with Crippen LogP contribution in [0, 0.1) is 24.3 Å². The Morgan fingerprint density at radius 3 is 1.82 bits per heavy atom. The predicted octanol–water partition coefficient (Wildman–Crippen LogP) is 6.58. The van der Waals surface area contributed by atoms with E-state index in [1.165, 1.54) is 0 Å². The van der Waals surface area contributed by atoms with Crippen LogP contribution in [0.1, 0.15) is 6.42 Å². The Labute approximate surface area is 91.2 Å². The standard InChI is InChI=1S/C5H5.2C3H5.5CH3.Nd/c1-2-4-5-3-1;2*1-3-2;;;;;;/h1-3H,4H2;2*3H,1-2H2;5*1H3;. The Hall–Kier alpha value is 0.311. The first-order chi connectivity index (χ1) is 7.20. The van der Waals surface area contributed by atoms with Crippen molar-refractivity contribution in [3.63, 3.8) is 0 Å². The fraction of sp³-hybridized carbons (Fsp3) is 0.500. The first-order valence-electron chi connectivity index (χ1n) is 6.81. The van der Waals surface area contributed by atoms with Gasteiger partial charge in [0.1, 0.15) is 0 Å². The molecule has 0 bridgehead atoms. The van der Waals surface area contributed by atoms with E-state index >= 15 is 0 Å². The van der Waals surface area contributed by atoms with Crippen LogP contribution in [0.15, 0.2) is 44.8 Å². The molecule has 17 heavy (non-hydrogen) atoms. The summed E-state index contributed by atoms with van der Waals surface area (Å²) in [5.41, 5.74) is 0. The Morgan fingerprint density at radius 1 is 1.06 bits per heavy atom. The van der Waals surface area contributed by atoms with Crippen molar-refractivity contribution in [3.8, 4) is 0 Å². The van der Waals surface area contributed by atoms with Gasteiger partial charge >= 0.3 is 92.5 Å². The van der Waals surface area contributed by atoms with Crippen molar-refractivity contribution in [2.45, 2.75) is 23.4 Å². The molecule has 0 aromatic carbocycles. The van der Waals surface area contributed by atoms with Gasteiger partial charge in [0.2, 0.25) is 0 Å². The number of allylic oxidation sites excluding steroid dienone is 6. The van der Waals surface area contributed by atoms with Gasteiger partial charge in [-0.15, -0.1) is 0 Å². The Bertz CT molecular complexity index is 468. The van der Waals surface area contributed by atoms with Crippen molar-refractivity contribution in [3.05, 3.63) is 44.8 Å². The van der Waals surface area contributed by atoms with E-state index in [9.17, 15) is 0 Å². The molecule has 0 heterocycles. The van der Waals surface area contributed by atoms with Crippen molar-refractivity contribution < 1.29 is 24.3 Å². The maximum absolute atomic E-state index is 4.46. The van der Waals surface area contributed by atoms with Crippen LogP contribution in [-0.2, 0) is 0 Å². The molecule has 1 aliphatic rings. The zero-order valence-electron chi connectivity index (χ0n) is 12.4. The van der Waals surface area contributed by atoms with Gasteiger partial charge in [0.15, 0.2) is 0 Å². The second-order valence-corrected chi connectivity index (χ2v) is 84.0. The third-order valence-electron chi connectivity index (χ3n) is 5.65. The van der Waals surface area contributed by atoms with Gasteiger partial charge in [0.05, 0.1) is 0 Å². The van der Waals surface area contributed by atoms with Gasteiger partial charge in [-0.1, -0.05) is 0 Å². The van der Waals surface area contributed by atoms with Gasteiger partial charge < -0.3 is 0 Å². The summed E-state index contributed by atoms with van der Waals surface area (Å²) >= 11 is -4.46. The molecule has 0 radical (unpaired) electrons. The molecule has 0 atom stereocenters. The molecule has 0 aliphatic heterocycles. The van der Waals surface area contributed by atoms with Crippen molar-refractivity contribution >= 4 is 0 Å². The average molecular weight is 367 g/mol. The van der Waals surface area contributed by atoms with Crippen molar-refractivity contribution in [1.82, 2.24) is 0 Å². The third kappa shape index (κ3) is 2.40. The molecule has 0 amide bonds. The van der Waals surface area contributed by atoms with E-state index < -0.39 is 24.3 Å². The Morgan fingerprint density at radius 2 is 1.53 bits per heavy atom. The summed E-state index contributed by atoms with van der Waals surface area (Å²) in [5, 5.41) is 0. The summed E-state index contributed by atoms with van der Waals surface area (Å²) in [6.07, 6.45) is 12.2. The van der Waals surface area contributed by atoms with Crippen LogP contribution in [0.4, 0.5) is 0 Å². The summed E-state index contributed by atoms with van der Waals surface area (Å²) in [6, 6.07) is 0. The quantitative estimate of drug-likeness (QED) is 0.482.